The normalized spacial score (nSPS) is 13.5. The van der Waals surface area contributed by atoms with Gasteiger partial charge in [0.25, 0.3) is 0 Å². The third-order valence-electron chi connectivity index (χ3n) is 2.07. The summed E-state index contributed by atoms with van der Waals surface area (Å²) in [5, 5.41) is 17.5. The van der Waals surface area contributed by atoms with Crippen molar-refractivity contribution in [2.24, 2.45) is 0 Å². The summed E-state index contributed by atoms with van der Waals surface area (Å²) >= 11 is 0. The van der Waals surface area contributed by atoms with Gasteiger partial charge in [-0.25, -0.2) is 4.79 Å². The zero-order valence-electron chi connectivity index (χ0n) is 9.66. The molecule has 86 valence electrons. The Hall–Kier alpha value is -1.09. The van der Waals surface area contributed by atoms with E-state index in [1.807, 2.05) is 20.8 Å². The lowest BCUT2D eigenvalue weighted by molar-refractivity contribution is -0.146. The lowest BCUT2D eigenvalue weighted by atomic mass is 10.1. The molecule has 1 unspecified atom stereocenters. The molecule has 2 N–H and O–H groups in total. The first-order valence-corrected chi connectivity index (χ1v) is 5.13. The van der Waals surface area contributed by atoms with Gasteiger partial charge in [-0.05, 0) is 33.6 Å². The predicted molar refractivity (Wildman–Crippen MR) is 60.7 cm³/mol. The highest BCUT2D eigenvalue weighted by Gasteiger charge is 2.10. The molecule has 0 fully saturated rings. The second-order valence-electron chi connectivity index (χ2n) is 3.96. The van der Waals surface area contributed by atoms with Gasteiger partial charge in [-0.1, -0.05) is 23.3 Å². The standard InChI is InChI=1S/C12H20O3/c1-9(2)5-4-6-10(3)7-8-11(13)12(14)15/h5,7,11,13H,4,6,8H2,1-3H3,(H,14,15)/b10-7+. The van der Waals surface area contributed by atoms with Gasteiger partial charge in [0.15, 0.2) is 6.10 Å². The van der Waals surface area contributed by atoms with Gasteiger partial charge in [0, 0.05) is 6.42 Å². The molecule has 0 aromatic rings. The first kappa shape index (κ1) is 13.9. The molecule has 0 spiro atoms. The largest absolute Gasteiger partial charge is 0.479 e. The summed E-state index contributed by atoms with van der Waals surface area (Å²) in [5.74, 6) is -1.16. The van der Waals surface area contributed by atoms with Crippen LogP contribution in [0.3, 0.4) is 0 Å². The zero-order valence-corrected chi connectivity index (χ0v) is 9.66. The van der Waals surface area contributed by atoms with Crippen molar-refractivity contribution in [3.63, 3.8) is 0 Å². The number of rotatable bonds is 6. The summed E-state index contributed by atoms with van der Waals surface area (Å²) < 4.78 is 0. The minimum Gasteiger partial charge on any atom is -0.479 e. The van der Waals surface area contributed by atoms with Gasteiger partial charge in [0.1, 0.15) is 0 Å². The third-order valence-corrected chi connectivity index (χ3v) is 2.07. The van der Waals surface area contributed by atoms with Crippen LogP contribution in [-0.2, 0) is 4.79 Å². The SMILES string of the molecule is CC(C)=CCC/C(C)=C/CC(O)C(=O)O. The molecular formula is C12H20O3. The minimum atomic E-state index is -1.27. The van der Waals surface area contributed by atoms with E-state index in [-0.39, 0.29) is 6.42 Å². The molecule has 0 radical (unpaired) electrons. The van der Waals surface area contributed by atoms with E-state index in [9.17, 15) is 4.79 Å². The van der Waals surface area contributed by atoms with Crippen LogP contribution in [-0.4, -0.2) is 22.3 Å². The van der Waals surface area contributed by atoms with Crippen LogP contribution < -0.4 is 0 Å². The maximum atomic E-state index is 10.3. The molecule has 3 nitrogen and oxygen atoms in total. The lowest BCUT2D eigenvalue weighted by Gasteiger charge is -2.02. The van der Waals surface area contributed by atoms with E-state index in [1.165, 1.54) is 5.57 Å². The number of aliphatic hydroxyl groups excluding tert-OH is 1. The molecular weight excluding hydrogens is 192 g/mol. The van der Waals surface area contributed by atoms with Crippen LogP contribution in [0.25, 0.3) is 0 Å². The molecule has 15 heavy (non-hydrogen) atoms. The summed E-state index contributed by atoms with van der Waals surface area (Å²) in [6.07, 6.45) is 4.73. The van der Waals surface area contributed by atoms with E-state index >= 15 is 0 Å². The van der Waals surface area contributed by atoms with E-state index in [2.05, 4.69) is 6.08 Å². The topological polar surface area (TPSA) is 57.5 Å². The summed E-state index contributed by atoms with van der Waals surface area (Å²) in [5.41, 5.74) is 2.40. The van der Waals surface area contributed by atoms with Gasteiger partial charge < -0.3 is 10.2 Å². The first-order chi connectivity index (χ1) is 6.93. The highest BCUT2D eigenvalue weighted by atomic mass is 16.4. The van der Waals surface area contributed by atoms with Gasteiger partial charge in [-0.15, -0.1) is 0 Å². The fourth-order valence-corrected chi connectivity index (χ4v) is 1.10. The van der Waals surface area contributed by atoms with Crippen LogP contribution in [0.15, 0.2) is 23.3 Å². The molecule has 0 bridgehead atoms. The van der Waals surface area contributed by atoms with Crippen molar-refractivity contribution in [1.29, 1.82) is 0 Å². The van der Waals surface area contributed by atoms with Gasteiger partial charge in [0.2, 0.25) is 0 Å². The number of aliphatic carboxylic acids is 1. The Bertz CT molecular complexity index is 260. The Kier molecular flexibility index (Phi) is 6.71. The molecule has 0 aromatic heterocycles. The Morgan fingerprint density at radius 3 is 2.33 bits per heavy atom. The van der Waals surface area contributed by atoms with E-state index in [4.69, 9.17) is 10.2 Å². The number of carboxylic acid groups (broad SMARTS) is 1. The van der Waals surface area contributed by atoms with Crippen molar-refractivity contribution in [2.45, 2.75) is 46.1 Å². The Morgan fingerprint density at radius 1 is 1.27 bits per heavy atom. The third kappa shape index (κ3) is 7.94. The van der Waals surface area contributed by atoms with Crippen molar-refractivity contribution in [2.75, 3.05) is 0 Å². The summed E-state index contributed by atoms with van der Waals surface area (Å²) in [7, 11) is 0. The van der Waals surface area contributed by atoms with E-state index in [0.717, 1.165) is 18.4 Å². The molecule has 3 heteroatoms. The van der Waals surface area contributed by atoms with Crippen molar-refractivity contribution in [3.05, 3.63) is 23.3 Å². The second-order valence-corrected chi connectivity index (χ2v) is 3.96. The maximum absolute atomic E-state index is 10.3. The molecule has 0 aliphatic rings. The van der Waals surface area contributed by atoms with Crippen LogP contribution in [0.1, 0.15) is 40.0 Å². The van der Waals surface area contributed by atoms with Gasteiger partial charge in [-0.2, -0.15) is 0 Å². The van der Waals surface area contributed by atoms with Gasteiger partial charge in [0.05, 0.1) is 0 Å². The highest BCUT2D eigenvalue weighted by Crippen LogP contribution is 2.08. The smallest absolute Gasteiger partial charge is 0.332 e. The number of hydrogen-bond donors (Lipinski definition) is 2. The number of carbonyl (C=O) groups is 1. The molecule has 0 saturated carbocycles. The number of allylic oxidation sites excluding steroid dienone is 3. The predicted octanol–water partition coefficient (Wildman–Crippen LogP) is 2.51. The van der Waals surface area contributed by atoms with Crippen molar-refractivity contribution in [3.8, 4) is 0 Å². The quantitative estimate of drug-likeness (QED) is 0.665. The summed E-state index contributed by atoms with van der Waals surface area (Å²) in [4.78, 5) is 10.3. The monoisotopic (exact) mass is 212 g/mol. The van der Waals surface area contributed by atoms with Crippen LogP contribution in [0.4, 0.5) is 0 Å². The second kappa shape index (κ2) is 7.23. The molecule has 0 amide bonds. The molecule has 0 saturated heterocycles. The van der Waals surface area contributed by atoms with Gasteiger partial charge in [-0.3, -0.25) is 0 Å². The van der Waals surface area contributed by atoms with E-state index in [1.54, 1.807) is 6.08 Å². The van der Waals surface area contributed by atoms with E-state index in [0.29, 0.717) is 0 Å². The number of aliphatic hydroxyl groups is 1. The van der Waals surface area contributed by atoms with Crippen molar-refractivity contribution < 1.29 is 15.0 Å². The zero-order chi connectivity index (χ0) is 11.8. The fourth-order valence-electron chi connectivity index (χ4n) is 1.10. The van der Waals surface area contributed by atoms with E-state index < -0.39 is 12.1 Å². The Balaban J connectivity index is 3.89. The molecule has 0 aliphatic heterocycles. The molecule has 1 atom stereocenters. The van der Waals surface area contributed by atoms with Crippen LogP contribution in [0, 0.1) is 0 Å². The van der Waals surface area contributed by atoms with Crippen LogP contribution in [0.2, 0.25) is 0 Å². The Morgan fingerprint density at radius 2 is 1.87 bits per heavy atom. The maximum Gasteiger partial charge on any atom is 0.332 e. The number of carboxylic acids is 1. The first-order valence-electron chi connectivity index (χ1n) is 5.13. The molecule has 0 aliphatic carbocycles. The Labute approximate surface area is 91.1 Å². The summed E-state index contributed by atoms with van der Waals surface area (Å²) in [6.45, 7) is 6.05. The highest BCUT2D eigenvalue weighted by molar-refractivity contribution is 5.72. The van der Waals surface area contributed by atoms with Crippen molar-refractivity contribution in [1.82, 2.24) is 0 Å². The number of hydrogen-bond acceptors (Lipinski definition) is 2. The molecule has 0 rings (SSSR count). The van der Waals surface area contributed by atoms with Crippen LogP contribution >= 0.6 is 0 Å². The van der Waals surface area contributed by atoms with Crippen LogP contribution in [0.5, 0.6) is 0 Å². The molecule has 0 heterocycles. The average Bonchev–Trinajstić information content (AvgIpc) is 2.13. The van der Waals surface area contributed by atoms with Gasteiger partial charge >= 0.3 is 5.97 Å². The minimum absolute atomic E-state index is 0.190. The van der Waals surface area contributed by atoms with Crippen molar-refractivity contribution >= 4 is 5.97 Å². The lowest BCUT2D eigenvalue weighted by Crippen LogP contribution is -2.18. The average molecular weight is 212 g/mol. The summed E-state index contributed by atoms with van der Waals surface area (Å²) in [6, 6.07) is 0. The fraction of sp³-hybridized carbons (Fsp3) is 0.583. The molecule has 0 aromatic carbocycles.